The van der Waals surface area contributed by atoms with Crippen molar-refractivity contribution in [3.63, 3.8) is 0 Å². The van der Waals surface area contributed by atoms with E-state index in [0.717, 1.165) is 18.8 Å². The molecule has 0 amide bonds. The van der Waals surface area contributed by atoms with Gasteiger partial charge in [-0.3, -0.25) is 0 Å². The van der Waals surface area contributed by atoms with E-state index in [-0.39, 0.29) is 0 Å². The fourth-order valence-electron chi connectivity index (χ4n) is 3.33. The smallest absolute Gasteiger partial charge is 0.0888 e. The van der Waals surface area contributed by atoms with Crippen molar-refractivity contribution in [2.45, 2.75) is 136 Å². The van der Waals surface area contributed by atoms with E-state index in [1.54, 1.807) is 0 Å². The number of allylic oxidation sites excluding steroid dienone is 1. The minimum Gasteiger partial charge on any atom is -0.499 e. The molecular formula is C24H48O. The molecule has 0 aliphatic rings. The summed E-state index contributed by atoms with van der Waals surface area (Å²) in [4.78, 5) is 0. The van der Waals surface area contributed by atoms with E-state index in [1.165, 1.54) is 116 Å². The summed E-state index contributed by atoms with van der Waals surface area (Å²) in [5, 5.41) is 0. The molecule has 0 aromatic heterocycles. The third kappa shape index (κ3) is 21.5. The molecule has 0 spiro atoms. The lowest BCUT2D eigenvalue weighted by Crippen LogP contribution is -1.94. The van der Waals surface area contributed by atoms with Crippen molar-refractivity contribution in [1.82, 2.24) is 0 Å². The van der Waals surface area contributed by atoms with Gasteiger partial charge in [0.2, 0.25) is 0 Å². The summed E-state index contributed by atoms with van der Waals surface area (Å²) >= 11 is 0. The van der Waals surface area contributed by atoms with Crippen LogP contribution in [0.4, 0.5) is 0 Å². The molecule has 1 heteroatoms. The lowest BCUT2D eigenvalue weighted by Gasteiger charge is -2.09. The van der Waals surface area contributed by atoms with Crippen molar-refractivity contribution < 1.29 is 4.74 Å². The summed E-state index contributed by atoms with van der Waals surface area (Å²) < 4.78 is 5.71. The highest BCUT2D eigenvalue weighted by atomic mass is 16.5. The third-order valence-corrected chi connectivity index (χ3v) is 5.11. The van der Waals surface area contributed by atoms with Crippen LogP contribution in [0.2, 0.25) is 0 Å². The van der Waals surface area contributed by atoms with Crippen LogP contribution in [-0.2, 0) is 4.74 Å². The molecule has 0 atom stereocenters. The highest BCUT2D eigenvalue weighted by Gasteiger charge is 1.97. The summed E-state index contributed by atoms with van der Waals surface area (Å²) in [6.07, 6.45) is 26.0. The quantitative estimate of drug-likeness (QED) is 0.148. The van der Waals surface area contributed by atoms with E-state index in [4.69, 9.17) is 4.74 Å². The zero-order valence-electron chi connectivity index (χ0n) is 17.8. The highest BCUT2D eigenvalue weighted by molar-refractivity contribution is 4.81. The molecule has 0 aromatic carbocycles. The first-order chi connectivity index (χ1) is 12.3. The Hall–Kier alpha value is -0.460. The Labute approximate surface area is 160 Å². The SMILES string of the molecule is C=C(CCCCCCCCCCCCCCCC)OCCCCCC. The van der Waals surface area contributed by atoms with Crippen LogP contribution in [-0.4, -0.2) is 6.61 Å². The third-order valence-electron chi connectivity index (χ3n) is 5.11. The molecule has 0 saturated heterocycles. The Morgan fingerprint density at radius 1 is 0.520 bits per heavy atom. The van der Waals surface area contributed by atoms with Crippen molar-refractivity contribution in [3.05, 3.63) is 12.3 Å². The van der Waals surface area contributed by atoms with Gasteiger partial charge >= 0.3 is 0 Å². The van der Waals surface area contributed by atoms with Gasteiger partial charge in [-0.25, -0.2) is 0 Å². The van der Waals surface area contributed by atoms with E-state index in [2.05, 4.69) is 20.4 Å². The van der Waals surface area contributed by atoms with E-state index >= 15 is 0 Å². The van der Waals surface area contributed by atoms with Gasteiger partial charge in [-0.1, -0.05) is 123 Å². The second kappa shape index (κ2) is 21.6. The molecule has 0 fully saturated rings. The van der Waals surface area contributed by atoms with Crippen LogP contribution >= 0.6 is 0 Å². The fraction of sp³-hybridized carbons (Fsp3) is 0.917. The van der Waals surface area contributed by atoms with Gasteiger partial charge in [0.15, 0.2) is 0 Å². The van der Waals surface area contributed by atoms with Gasteiger partial charge in [-0.15, -0.1) is 0 Å². The Morgan fingerprint density at radius 3 is 1.32 bits per heavy atom. The first-order valence-electron chi connectivity index (χ1n) is 11.6. The summed E-state index contributed by atoms with van der Waals surface area (Å²) in [6, 6.07) is 0. The number of unbranched alkanes of at least 4 members (excludes halogenated alkanes) is 16. The second-order valence-electron chi connectivity index (χ2n) is 7.79. The molecule has 0 radical (unpaired) electrons. The summed E-state index contributed by atoms with van der Waals surface area (Å²) in [5.41, 5.74) is 0. The molecule has 0 bridgehead atoms. The molecule has 150 valence electrons. The average molecular weight is 353 g/mol. The van der Waals surface area contributed by atoms with Crippen molar-refractivity contribution >= 4 is 0 Å². The van der Waals surface area contributed by atoms with Crippen molar-refractivity contribution in [3.8, 4) is 0 Å². The van der Waals surface area contributed by atoms with Crippen molar-refractivity contribution in [2.75, 3.05) is 6.61 Å². The Morgan fingerprint density at radius 2 is 0.880 bits per heavy atom. The Balaban J connectivity index is 3.09. The minimum atomic E-state index is 0.872. The van der Waals surface area contributed by atoms with Gasteiger partial charge in [-0.05, 0) is 12.8 Å². The van der Waals surface area contributed by atoms with Crippen molar-refractivity contribution in [1.29, 1.82) is 0 Å². The van der Waals surface area contributed by atoms with Crippen LogP contribution in [0, 0.1) is 0 Å². The fourth-order valence-corrected chi connectivity index (χ4v) is 3.33. The molecule has 0 rings (SSSR count). The molecule has 0 aliphatic carbocycles. The van der Waals surface area contributed by atoms with Gasteiger partial charge < -0.3 is 4.74 Å². The maximum atomic E-state index is 5.71. The molecule has 0 aliphatic heterocycles. The second-order valence-corrected chi connectivity index (χ2v) is 7.79. The molecule has 0 unspecified atom stereocenters. The number of hydrogen-bond acceptors (Lipinski definition) is 1. The monoisotopic (exact) mass is 352 g/mol. The molecule has 0 aromatic rings. The minimum absolute atomic E-state index is 0.872. The van der Waals surface area contributed by atoms with E-state index < -0.39 is 0 Å². The van der Waals surface area contributed by atoms with Crippen LogP contribution < -0.4 is 0 Å². The maximum Gasteiger partial charge on any atom is 0.0888 e. The predicted octanol–water partition coefficient (Wildman–Crippen LogP) is 8.97. The predicted molar refractivity (Wildman–Crippen MR) is 114 cm³/mol. The van der Waals surface area contributed by atoms with E-state index in [9.17, 15) is 0 Å². The van der Waals surface area contributed by atoms with E-state index in [1.807, 2.05) is 0 Å². The summed E-state index contributed by atoms with van der Waals surface area (Å²) in [7, 11) is 0. The van der Waals surface area contributed by atoms with Gasteiger partial charge in [0, 0.05) is 6.42 Å². The molecule has 0 heterocycles. The maximum absolute atomic E-state index is 5.71. The largest absolute Gasteiger partial charge is 0.499 e. The molecule has 25 heavy (non-hydrogen) atoms. The summed E-state index contributed by atoms with van der Waals surface area (Å²) in [6.45, 7) is 9.46. The standard InChI is InChI=1S/C24H48O/c1-4-6-8-10-11-12-13-14-15-16-17-18-19-20-22-24(3)25-23-21-9-7-5-2/h3-23H2,1-2H3. The number of ether oxygens (including phenoxy) is 1. The van der Waals surface area contributed by atoms with Crippen LogP contribution in [0.15, 0.2) is 12.3 Å². The van der Waals surface area contributed by atoms with Crippen LogP contribution in [0.25, 0.3) is 0 Å². The zero-order valence-corrected chi connectivity index (χ0v) is 17.8. The highest BCUT2D eigenvalue weighted by Crippen LogP contribution is 2.15. The lowest BCUT2D eigenvalue weighted by atomic mass is 10.0. The molecule has 0 saturated carbocycles. The molecule has 0 N–H and O–H groups in total. The van der Waals surface area contributed by atoms with Gasteiger partial charge in [-0.2, -0.15) is 0 Å². The van der Waals surface area contributed by atoms with Gasteiger partial charge in [0.25, 0.3) is 0 Å². The summed E-state index contributed by atoms with van der Waals surface area (Å²) in [5.74, 6) is 1.01. The van der Waals surface area contributed by atoms with Crippen LogP contribution in [0.3, 0.4) is 0 Å². The van der Waals surface area contributed by atoms with Crippen molar-refractivity contribution in [2.24, 2.45) is 0 Å². The van der Waals surface area contributed by atoms with Crippen LogP contribution in [0.1, 0.15) is 136 Å². The number of rotatable bonds is 21. The zero-order chi connectivity index (χ0) is 18.4. The average Bonchev–Trinajstić information content (AvgIpc) is 2.62. The number of hydrogen-bond donors (Lipinski definition) is 0. The van der Waals surface area contributed by atoms with Crippen LogP contribution in [0.5, 0.6) is 0 Å². The Bertz CT molecular complexity index is 259. The molecular weight excluding hydrogens is 304 g/mol. The first-order valence-corrected chi connectivity index (χ1v) is 11.6. The van der Waals surface area contributed by atoms with Gasteiger partial charge in [0.1, 0.15) is 0 Å². The van der Waals surface area contributed by atoms with E-state index in [0.29, 0.717) is 0 Å². The molecule has 1 nitrogen and oxygen atoms in total. The normalized spacial score (nSPS) is 11.0. The first kappa shape index (κ1) is 24.5. The topological polar surface area (TPSA) is 9.23 Å². The van der Waals surface area contributed by atoms with Gasteiger partial charge in [0.05, 0.1) is 12.4 Å². The Kier molecular flexibility index (Phi) is 21.2. The lowest BCUT2D eigenvalue weighted by molar-refractivity contribution is 0.195.